The van der Waals surface area contributed by atoms with Crippen molar-refractivity contribution in [1.82, 2.24) is 9.91 Å². The van der Waals surface area contributed by atoms with Crippen LogP contribution in [0.4, 0.5) is 15.3 Å². The Bertz CT molecular complexity index is 1120. The van der Waals surface area contributed by atoms with E-state index in [0.29, 0.717) is 36.1 Å². The molecule has 4 rings (SSSR count). The number of rotatable bonds is 9. The summed E-state index contributed by atoms with van der Waals surface area (Å²) in [5.74, 6) is 1.81. The van der Waals surface area contributed by atoms with Crippen LogP contribution < -0.4 is 14.8 Å². The van der Waals surface area contributed by atoms with Crippen molar-refractivity contribution in [3.8, 4) is 11.5 Å². The van der Waals surface area contributed by atoms with E-state index in [0.717, 1.165) is 49.2 Å². The number of hydrazone groups is 1. The summed E-state index contributed by atoms with van der Waals surface area (Å²) in [6.45, 7) is 4.82. The fourth-order valence-electron chi connectivity index (χ4n) is 4.11. The number of thioether (sulfide) groups is 1. The molecule has 9 nitrogen and oxygen atoms in total. The molecule has 0 bridgehead atoms. The molecule has 37 heavy (non-hydrogen) atoms. The van der Waals surface area contributed by atoms with Gasteiger partial charge in [-0.1, -0.05) is 30.8 Å². The van der Waals surface area contributed by atoms with Gasteiger partial charge in [0.25, 0.3) is 0 Å². The Morgan fingerprint density at radius 3 is 2.59 bits per heavy atom. The summed E-state index contributed by atoms with van der Waals surface area (Å²) in [6.07, 6.45) is 2.08. The average molecular weight is 527 g/mol. The molecule has 1 fully saturated rings. The van der Waals surface area contributed by atoms with E-state index in [2.05, 4.69) is 22.4 Å². The van der Waals surface area contributed by atoms with Crippen LogP contribution in [0, 0.1) is 0 Å². The standard InChI is InChI=1S/C27H34N4O5S/c1-4-15-35-25-16-20(7-10-24(25)34-3)23-18-37-27(33)31(29-23)17-19-5-8-21(9-6-19)28-26(32)36-22-11-13-30(2)14-12-22/h5-10,16,22H,4,11-15,17-18H2,1-3H3,(H,28,32). The van der Waals surface area contributed by atoms with Gasteiger partial charge in [-0.15, -0.1) is 0 Å². The lowest BCUT2D eigenvalue weighted by Gasteiger charge is -2.28. The molecule has 2 amide bonds. The van der Waals surface area contributed by atoms with Gasteiger partial charge in [0.2, 0.25) is 0 Å². The van der Waals surface area contributed by atoms with E-state index in [4.69, 9.17) is 14.2 Å². The molecule has 0 saturated carbocycles. The molecule has 2 heterocycles. The maximum absolute atomic E-state index is 12.6. The summed E-state index contributed by atoms with van der Waals surface area (Å²) in [5.41, 5.74) is 3.22. The Hall–Kier alpha value is -3.24. The molecule has 1 N–H and O–H groups in total. The number of nitrogens with one attached hydrogen (secondary N) is 1. The maximum Gasteiger partial charge on any atom is 0.411 e. The van der Waals surface area contributed by atoms with Crippen molar-refractivity contribution >= 4 is 34.5 Å². The first-order chi connectivity index (χ1) is 17.9. The van der Waals surface area contributed by atoms with Gasteiger partial charge in [0.05, 0.1) is 26.0 Å². The van der Waals surface area contributed by atoms with E-state index in [9.17, 15) is 9.59 Å². The van der Waals surface area contributed by atoms with Crippen LogP contribution in [0.1, 0.15) is 37.3 Å². The van der Waals surface area contributed by atoms with Crippen LogP contribution in [-0.4, -0.2) is 72.7 Å². The third-order valence-electron chi connectivity index (χ3n) is 6.22. The summed E-state index contributed by atoms with van der Waals surface area (Å²) in [4.78, 5) is 27.1. The molecular weight excluding hydrogens is 492 g/mol. The monoisotopic (exact) mass is 526 g/mol. The van der Waals surface area contributed by atoms with Crippen LogP contribution in [0.25, 0.3) is 0 Å². The number of hydrogen-bond donors (Lipinski definition) is 1. The Morgan fingerprint density at radius 2 is 1.89 bits per heavy atom. The summed E-state index contributed by atoms with van der Waals surface area (Å²) in [7, 11) is 3.68. The Kier molecular flexibility index (Phi) is 9.29. The quantitative estimate of drug-likeness (QED) is 0.480. The van der Waals surface area contributed by atoms with Gasteiger partial charge in [-0.2, -0.15) is 5.10 Å². The van der Waals surface area contributed by atoms with E-state index < -0.39 is 6.09 Å². The first-order valence-corrected chi connectivity index (χ1v) is 13.5. The zero-order valence-electron chi connectivity index (χ0n) is 21.6. The fourth-order valence-corrected chi connectivity index (χ4v) is 4.85. The third kappa shape index (κ3) is 7.39. The van der Waals surface area contributed by atoms with Gasteiger partial charge in [-0.25, -0.2) is 9.80 Å². The normalized spacial score (nSPS) is 16.8. The SMILES string of the molecule is CCCOc1cc(C2=NN(Cc3ccc(NC(=O)OC4CCN(C)CC4)cc3)C(=O)SC2)ccc1OC. The van der Waals surface area contributed by atoms with Gasteiger partial charge >= 0.3 is 11.3 Å². The number of methoxy groups -OCH3 is 1. The number of carbonyl (C=O) groups is 2. The van der Waals surface area contributed by atoms with E-state index in [-0.39, 0.29) is 11.3 Å². The van der Waals surface area contributed by atoms with Crippen LogP contribution in [0.3, 0.4) is 0 Å². The number of piperidine rings is 1. The molecule has 2 aliphatic heterocycles. The molecule has 10 heteroatoms. The maximum atomic E-state index is 12.6. The lowest BCUT2D eigenvalue weighted by atomic mass is 10.1. The second-order valence-electron chi connectivity index (χ2n) is 9.10. The molecule has 0 unspecified atom stereocenters. The fraction of sp³-hybridized carbons (Fsp3) is 0.444. The second-order valence-corrected chi connectivity index (χ2v) is 10.0. The van der Waals surface area contributed by atoms with E-state index in [1.807, 2.05) is 37.3 Å². The number of hydrogen-bond acceptors (Lipinski definition) is 8. The molecule has 2 aromatic rings. The average Bonchev–Trinajstić information content (AvgIpc) is 2.91. The Morgan fingerprint density at radius 1 is 1.14 bits per heavy atom. The van der Waals surface area contributed by atoms with Gasteiger partial charge in [-0.05, 0) is 62.2 Å². The van der Waals surface area contributed by atoms with Crippen LogP contribution in [-0.2, 0) is 11.3 Å². The summed E-state index contributed by atoms with van der Waals surface area (Å²) in [5, 5.41) is 8.79. The molecule has 0 atom stereocenters. The minimum Gasteiger partial charge on any atom is -0.493 e. The zero-order chi connectivity index (χ0) is 26.2. The van der Waals surface area contributed by atoms with Gasteiger partial charge in [0.1, 0.15) is 6.10 Å². The summed E-state index contributed by atoms with van der Waals surface area (Å²) < 4.78 is 16.8. The van der Waals surface area contributed by atoms with Crippen molar-refractivity contribution < 1.29 is 23.8 Å². The van der Waals surface area contributed by atoms with Gasteiger partial charge < -0.3 is 19.1 Å². The third-order valence-corrected chi connectivity index (χ3v) is 7.09. The first-order valence-electron chi connectivity index (χ1n) is 12.5. The predicted molar refractivity (Wildman–Crippen MR) is 146 cm³/mol. The van der Waals surface area contributed by atoms with E-state index >= 15 is 0 Å². The highest BCUT2D eigenvalue weighted by molar-refractivity contribution is 8.14. The molecule has 198 valence electrons. The van der Waals surface area contributed by atoms with Gasteiger partial charge in [0.15, 0.2) is 11.5 Å². The number of nitrogens with zero attached hydrogens (tertiary/aromatic N) is 3. The van der Waals surface area contributed by atoms with Crippen molar-refractivity contribution in [3.63, 3.8) is 0 Å². The van der Waals surface area contributed by atoms with Crippen molar-refractivity contribution in [2.45, 2.75) is 38.8 Å². The van der Waals surface area contributed by atoms with Crippen LogP contribution >= 0.6 is 11.8 Å². The molecule has 0 aromatic heterocycles. The summed E-state index contributed by atoms with van der Waals surface area (Å²) in [6, 6.07) is 13.0. The second kappa shape index (κ2) is 12.8. The molecule has 2 aromatic carbocycles. The number of ether oxygens (including phenoxy) is 3. The van der Waals surface area contributed by atoms with Crippen molar-refractivity contribution in [1.29, 1.82) is 0 Å². The molecular formula is C27H34N4O5S. The minimum absolute atomic E-state index is 0.0508. The number of amides is 2. The lowest BCUT2D eigenvalue weighted by molar-refractivity contribution is 0.0662. The highest BCUT2D eigenvalue weighted by Gasteiger charge is 2.24. The highest BCUT2D eigenvalue weighted by Crippen LogP contribution is 2.30. The molecule has 1 saturated heterocycles. The molecule has 2 aliphatic rings. The lowest BCUT2D eigenvalue weighted by Crippen LogP contribution is -2.36. The highest BCUT2D eigenvalue weighted by atomic mass is 32.2. The molecule has 0 radical (unpaired) electrons. The number of likely N-dealkylation sites (tertiary alicyclic amines) is 1. The summed E-state index contributed by atoms with van der Waals surface area (Å²) >= 11 is 1.22. The van der Waals surface area contributed by atoms with Crippen LogP contribution in [0.2, 0.25) is 0 Å². The smallest absolute Gasteiger partial charge is 0.411 e. The molecule has 0 aliphatic carbocycles. The zero-order valence-corrected chi connectivity index (χ0v) is 22.4. The van der Waals surface area contributed by atoms with Crippen LogP contribution in [0.15, 0.2) is 47.6 Å². The number of anilines is 1. The van der Waals surface area contributed by atoms with E-state index in [1.54, 1.807) is 19.2 Å². The Balaban J connectivity index is 1.38. The predicted octanol–water partition coefficient (Wildman–Crippen LogP) is 5.20. The van der Waals surface area contributed by atoms with Crippen LogP contribution in [0.5, 0.6) is 11.5 Å². The number of benzene rings is 2. The van der Waals surface area contributed by atoms with Crippen molar-refractivity contribution in [3.05, 3.63) is 53.6 Å². The molecule has 0 spiro atoms. The van der Waals surface area contributed by atoms with E-state index in [1.165, 1.54) is 16.8 Å². The van der Waals surface area contributed by atoms with Crippen molar-refractivity contribution in [2.75, 3.05) is 44.9 Å². The largest absolute Gasteiger partial charge is 0.493 e. The first kappa shape index (κ1) is 26.8. The van der Waals surface area contributed by atoms with Crippen molar-refractivity contribution in [2.24, 2.45) is 5.10 Å². The topological polar surface area (TPSA) is 92.7 Å². The van der Waals surface area contributed by atoms with Gasteiger partial charge in [-0.3, -0.25) is 10.1 Å². The Labute approximate surface area is 222 Å². The number of carbonyl (C=O) groups excluding carboxylic acids is 2. The van der Waals surface area contributed by atoms with Gasteiger partial charge in [0, 0.05) is 30.1 Å². The minimum atomic E-state index is -0.444.